The van der Waals surface area contributed by atoms with Crippen LogP contribution in [-0.2, 0) is 14.3 Å². The fourth-order valence-corrected chi connectivity index (χ4v) is 5.38. The molecule has 0 aliphatic carbocycles. The third kappa shape index (κ3) is 3.95. The van der Waals surface area contributed by atoms with Crippen molar-refractivity contribution in [3.8, 4) is 0 Å². The molecule has 1 aromatic carbocycles. The van der Waals surface area contributed by atoms with Crippen molar-refractivity contribution in [1.82, 2.24) is 14.9 Å². The van der Waals surface area contributed by atoms with Crippen LogP contribution in [0.3, 0.4) is 0 Å². The first kappa shape index (κ1) is 20.5. The number of amides is 2. The first-order chi connectivity index (χ1) is 14.5. The molecule has 9 heteroatoms. The van der Waals surface area contributed by atoms with Crippen LogP contribution in [0, 0.1) is 13.8 Å². The van der Waals surface area contributed by atoms with Crippen LogP contribution < -0.4 is 0 Å². The predicted octanol–water partition coefficient (Wildman–Crippen LogP) is 3.77. The lowest BCUT2D eigenvalue weighted by Gasteiger charge is -2.14. The van der Waals surface area contributed by atoms with Gasteiger partial charge in [-0.25, -0.2) is 14.8 Å². The van der Waals surface area contributed by atoms with Crippen molar-refractivity contribution in [2.75, 3.05) is 13.2 Å². The Morgan fingerprint density at radius 1 is 1.23 bits per heavy atom. The van der Waals surface area contributed by atoms with Gasteiger partial charge in [0.05, 0.1) is 5.56 Å². The van der Waals surface area contributed by atoms with E-state index in [4.69, 9.17) is 4.74 Å². The number of fused-ring (bicyclic) bond motifs is 1. The molecule has 7 nitrogen and oxygen atoms in total. The summed E-state index contributed by atoms with van der Waals surface area (Å²) in [6.45, 7) is 4.01. The number of aromatic nitrogens is 2. The lowest BCUT2D eigenvalue weighted by molar-refractivity contribution is -0.143. The highest BCUT2D eigenvalue weighted by Crippen LogP contribution is 2.38. The van der Waals surface area contributed by atoms with Gasteiger partial charge in [0, 0.05) is 28.1 Å². The zero-order valence-electron chi connectivity index (χ0n) is 16.5. The number of aryl methyl sites for hydroxylation is 2. The molecule has 0 saturated carbocycles. The summed E-state index contributed by atoms with van der Waals surface area (Å²) in [5.41, 5.74) is 1.47. The number of ether oxygens (including phenoxy) is 1. The molecule has 0 N–H and O–H groups in total. The van der Waals surface area contributed by atoms with Crippen molar-refractivity contribution in [2.45, 2.75) is 36.6 Å². The van der Waals surface area contributed by atoms with Crippen LogP contribution in [0.5, 0.6) is 0 Å². The number of benzene rings is 1. The van der Waals surface area contributed by atoms with E-state index < -0.39 is 18.5 Å². The molecule has 0 unspecified atom stereocenters. The first-order valence-corrected chi connectivity index (χ1v) is 11.1. The van der Waals surface area contributed by atoms with E-state index >= 15 is 0 Å². The molecule has 1 saturated heterocycles. The van der Waals surface area contributed by atoms with Gasteiger partial charge < -0.3 is 4.74 Å². The second-order valence-corrected chi connectivity index (χ2v) is 9.09. The topological polar surface area (TPSA) is 89.5 Å². The van der Waals surface area contributed by atoms with Crippen molar-refractivity contribution in [3.05, 3.63) is 46.6 Å². The van der Waals surface area contributed by atoms with Gasteiger partial charge in [-0.2, -0.15) is 0 Å². The van der Waals surface area contributed by atoms with Gasteiger partial charge in [0.15, 0.2) is 6.61 Å². The lowest BCUT2D eigenvalue weighted by Crippen LogP contribution is -2.35. The van der Waals surface area contributed by atoms with E-state index in [1.54, 1.807) is 23.5 Å². The van der Waals surface area contributed by atoms with Crippen molar-refractivity contribution in [2.24, 2.45) is 0 Å². The lowest BCUT2D eigenvalue weighted by atomic mass is 10.2. The average molecular weight is 442 g/mol. The third-order valence-electron chi connectivity index (χ3n) is 4.95. The van der Waals surface area contributed by atoms with E-state index in [0.29, 0.717) is 29.8 Å². The molecule has 154 valence electrons. The largest absolute Gasteiger partial charge is 0.452 e. The van der Waals surface area contributed by atoms with Crippen molar-refractivity contribution in [1.29, 1.82) is 0 Å². The molecule has 30 heavy (non-hydrogen) atoms. The number of imide groups is 1. The molecule has 2 aromatic heterocycles. The monoisotopic (exact) mass is 441 g/mol. The zero-order valence-corrected chi connectivity index (χ0v) is 18.1. The molecule has 2 amide bonds. The second-order valence-electron chi connectivity index (χ2n) is 6.86. The molecule has 3 aromatic rings. The maximum absolute atomic E-state index is 12.7. The SMILES string of the molecule is Cc1sc2ncnc(Sc3ccccc3C(=O)OCC(=O)N3CCCC3=O)c2c1C. The second kappa shape index (κ2) is 8.53. The van der Waals surface area contributed by atoms with E-state index in [2.05, 4.69) is 9.97 Å². The number of likely N-dealkylation sites (tertiary alicyclic amines) is 1. The van der Waals surface area contributed by atoms with Gasteiger partial charge in [-0.1, -0.05) is 23.9 Å². The number of hydrogen-bond donors (Lipinski definition) is 0. The summed E-state index contributed by atoms with van der Waals surface area (Å²) in [6, 6.07) is 7.04. The number of rotatable bonds is 5. The van der Waals surface area contributed by atoms with Crippen LogP contribution in [0.15, 0.2) is 40.5 Å². The Morgan fingerprint density at radius 3 is 2.80 bits per heavy atom. The Balaban J connectivity index is 1.54. The minimum Gasteiger partial charge on any atom is -0.452 e. The van der Waals surface area contributed by atoms with Gasteiger partial charge in [0.1, 0.15) is 16.2 Å². The van der Waals surface area contributed by atoms with Gasteiger partial charge in [0.2, 0.25) is 5.91 Å². The highest BCUT2D eigenvalue weighted by atomic mass is 32.2. The van der Waals surface area contributed by atoms with Crippen LogP contribution in [-0.4, -0.2) is 45.8 Å². The predicted molar refractivity (Wildman–Crippen MR) is 114 cm³/mol. The number of esters is 1. The average Bonchev–Trinajstić information content (AvgIpc) is 3.30. The summed E-state index contributed by atoms with van der Waals surface area (Å²) in [6.07, 6.45) is 2.52. The van der Waals surface area contributed by atoms with Crippen LogP contribution in [0.4, 0.5) is 0 Å². The fraction of sp³-hybridized carbons (Fsp3) is 0.286. The van der Waals surface area contributed by atoms with Crippen LogP contribution >= 0.6 is 23.1 Å². The molecule has 1 aliphatic heterocycles. The number of hydrogen-bond acceptors (Lipinski definition) is 8. The maximum Gasteiger partial charge on any atom is 0.339 e. The molecule has 0 bridgehead atoms. The summed E-state index contributed by atoms with van der Waals surface area (Å²) in [5, 5.41) is 1.75. The van der Waals surface area contributed by atoms with E-state index in [-0.39, 0.29) is 5.91 Å². The van der Waals surface area contributed by atoms with Crippen LogP contribution in [0.25, 0.3) is 10.2 Å². The number of carbonyl (C=O) groups excluding carboxylic acids is 3. The van der Waals surface area contributed by atoms with E-state index in [1.165, 1.54) is 23.0 Å². The summed E-state index contributed by atoms with van der Waals surface area (Å²) in [7, 11) is 0. The van der Waals surface area contributed by atoms with Gasteiger partial charge >= 0.3 is 5.97 Å². The molecule has 4 rings (SSSR count). The molecule has 1 fully saturated rings. The van der Waals surface area contributed by atoms with E-state index in [1.807, 2.05) is 26.0 Å². The number of carbonyl (C=O) groups is 3. The summed E-state index contributed by atoms with van der Waals surface area (Å²) in [5.74, 6) is -1.32. The van der Waals surface area contributed by atoms with Crippen molar-refractivity contribution < 1.29 is 19.1 Å². The number of nitrogens with zero attached hydrogens (tertiary/aromatic N) is 3. The van der Waals surface area contributed by atoms with Gasteiger partial charge in [-0.3, -0.25) is 14.5 Å². The van der Waals surface area contributed by atoms with Crippen LogP contribution in [0.2, 0.25) is 0 Å². The van der Waals surface area contributed by atoms with E-state index in [9.17, 15) is 14.4 Å². The molecule has 0 spiro atoms. The molecular formula is C21H19N3O4S2. The molecule has 0 radical (unpaired) electrons. The summed E-state index contributed by atoms with van der Waals surface area (Å²) >= 11 is 2.98. The zero-order chi connectivity index (χ0) is 21.3. The van der Waals surface area contributed by atoms with E-state index in [0.717, 1.165) is 25.7 Å². The Labute approximate surface area is 181 Å². The Hall–Kier alpha value is -2.78. The Kier molecular flexibility index (Phi) is 5.83. The highest BCUT2D eigenvalue weighted by Gasteiger charge is 2.27. The Morgan fingerprint density at radius 2 is 2.03 bits per heavy atom. The highest BCUT2D eigenvalue weighted by molar-refractivity contribution is 7.99. The molecule has 3 heterocycles. The third-order valence-corrected chi connectivity index (χ3v) is 7.14. The molecule has 1 aliphatic rings. The maximum atomic E-state index is 12.7. The first-order valence-electron chi connectivity index (χ1n) is 9.43. The van der Waals surface area contributed by atoms with Gasteiger partial charge in [-0.15, -0.1) is 11.3 Å². The minimum atomic E-state index is -0.610. The van der Waals surface area contributed by atoms with Crippen molar-refractivity contribution >= 4 is 51.1 Å². The summed E-state index contributed by atoms with van der Waals surface area (Å²) < 4.78 is 5.22. The normalized spacial score (nSPS) is 13.8. The minimum absolute atomic E-state index is 0.221. The quantitative estimate of drug-likeness (QED) is 0.440. The molecular weight excluding hydrogens is 422 g/mol. The van der Waals surface area contributed by atoms with Gasteiger partial charge in [0.25, 0.3) is 5.91 Å². The Bertz CT molecular complexity index is 1160. The smallest absolute Gasteiger partial charge is 0.339 e. The van der Waals surface area contributed by atoms with Gasteiger partial charge in [-0.05, 0) is 38.0 Å². The van der Waals surface area contributed by atoms with Crippen molar-refractivity contribution in [3.63, 3.8) is 0 Å². The summed E-state index contributed by atoms with van der Waals surface area (Å²) in [4.78, 5) is 49.2. The van der Waals surface area contributed by atoms with Crippen LogP contribution in [0.1, 0.15) is 33.6 Å². The molecule has 0 atom stereocenters. The number of thiophene rings is 1. The standard InChI is InChI=1S/C21H19N3O4S2/c1-12-13(2)29-19-18(12)20(23-11-22-19)30-15-7-4-3-6-14(15)21(27)28-10-17(26)24-9-5-8-16(24)25/h3-4,6-7,11H,5,8-10H2,1-2H3. The fourth-order valence-electron chi connectivity index (χ4n) is 3.25.